The molecule has 2 fully saturated rings. The van der Waals surface area contributed by atoms with E-state index in [9.17, 15) is 9.90 Å². The quantitative estimate of drug-likeness (QED) is 0.498. The van der Waals surface area contributed by atoms with E-state index in [2.05, 4.69) is 0 Å². The van der Waals surface area contributed by atoms with E-state index in [1.165, 1.54) is 0 Å². The summed E-state index contributed by atoms with van der Waals surface area (Å²) in [5.74, 6) is 0.0234. The number of halogens is 1. The molecule has 2 bridgehead atoms. The van der Waals surface area contributed by atoms with Crippen LogP contribution < -0.4 is 0 Å². The molecule has 0 aromatic carbocycles. The zero-order valence-corrected chi connectivity index (χ0v) is 5.91. The largest absolute Gasteiger partial charge is 0.389 e. The second-order valence-electron chi connectivity index (χ2n) is 2.70. The van der Waals surface area contributed by atoms with Crippen molar-refractivity contribution >= 4 is 17.4 Å². The third-order valence-electron chi connectivity index (χ3n) is 2.04. The lowest BCUT2D eigenvalue weighted by Crippen LogP contribution is -2.37. The number of hydrogen-bond acceptors (Lipinski definition) is 3. The molecule has 4 atom stereocenters. The molecule has 10 heavy (non-hydrogen) atoms. The monoisotopic (exact) mass is 162 g/mol. The zero-order chi connectivity index (χ0) is 7.30. The van der Waals surface area contributed by atoms with Crippen LogP contribution in [-0.2, 0) is 9.53 Å². The second kappa shape index (κ2) is 1.94. The van der Waals surface area contributed by atoms with E-state index < -0.39 is 17.6 Å². The lowest BCUT2D eigenvalue weighted by molar-refractivity contribution is -0.122. The Morgan fingerprint density at radius 2 is 2.40 bits per heavy atom. The molecule has 3 nitrogen and oxygen atoms in total. The van der Waals surface area contributed by atoms with Gasteiger partial charge in [0.25, 0.3) is 0 Å². The van der Waals surface area contributed by atoms with E-state index in [1.54, 1.807) is 0 Å². The van der Waals surface area contributed by atoms with Gasteiger partial charge >= 0.3 is 0 Å². The molecule has 56 valence electrons. The molecular weight excluding hydrogens is 156 g/mol. The fourth-order valence-corrected chi connectivity index (χ4v) is 1.83. The molecule has 2 rings (SSSR count). The Kier molecular flexibility index (Phi) is 1.27. The lowest BCUT2D eigenvalue weighted by Gasteiger charge is -2.16. The summed E-state index contributed by atoms with van der Waals surface area (Å²) < 4.78 is 5.08. The van der Waals surface area contributed by atoms with Crippen molar-refractivity contribution in [2.45, 2.75) is 30.1 Å². The predicted molar refractivity (Wildman–Crippen MR) is 33.9 cm³/mol. The van der Waals surface area contributed by atoms with Gasteiger partial charge < -0.3 is 9.84 Å². The Balaban J connectivity index is 2.24. The van der Waals surface area contributed by atoms with Gasteiger partial charge in [-0.3, -0.25) is 4.79 Å². The van der Waals surface area contributed by atoms with Gasteiger partial charge in [0.15, 0.2) is 5.78 Å². The first-order valence-corrected chi connectivity index (χ1v) is 3.64. The van der Waals surface area contributed by atoms with Gasteiger partial charge in [-0.15, -0.1) is 11.6 Å². The average Bonchev–Trinajstić information content (AvgIpc) is 2.36. The number of ketones is 1. The topological polar surface area (TPSA) is 46.5 Å². The number of Topliss-reactive ketones (excluding diaryl/α,β-unsaturated/α-hetero) is 1. The van der Waals surface area contributed by atoms with E-state index in [-0.39, 0.29) is 11.9 Å². The molecule has 1 N–H and O–H groups in total. The average molecular weight is 163 g/mol. The summed E-state index contributed by atoms with van der Waals surface area (Å²) in [5.41, 5.74) is 0. The maximum absolute atomic E-state index is 10.9. The lowest BCUT2D eigenvalue weighted by atomic mass is 9.96. The van der Waals surface area contributed by atoms with Crippen molar-refractivity contribution in [2.75, 3.05) is 0 Å². The first kappa shape index (κ1) is 6.58. The fraction of sp³-hybridized carbons (Fsp3) is 0.833. The van der Waals surface area contributed by atoms with E-state index in [0.717, 1.165) is 0 Å². The third-order valence-corrected chi connectivity index (χ3v) is 2.52. The smallest absolute Gasteiger partial charge is 0.165 e. The third kappa shape index (κ3) is 0.654. The van der Waals surface area contributed by atoms with Crippen LogP contribution in [0.2, 0.25) is 0 Å². The molecule has 2 saturated heterocycles. The van der Waals surface area contributed by atoms with Crippen molar-refractivity contribution in [1.82, 2.24) is 0 Å². The summed E-state index contributed by atoms with van der Waals surface area (Å²) in [4.78, 5) is 10.9. The van der Waals surface area contributed by atoms with Crippen molar-refractivity contribution in [3.05, 3.63) is 0 Å². The molecule has 0 radical (unpaired) electrons. The molecule has 0 unspecified atom stereocenters. The summed E-state index contributed by atoms with van der Waals surface area (Å²) in [5, 5.41) is 8.67. The Bertz CT molecular complexity index is 180. The predicted octanol–water partition coefficient (Wildman–Crippen LogP) is -0.305. The summed E-state index contributed by atoms with van der Waals surface area (Å²) in [6.45, 7) is 0. The number of ether oxygens (including phenoxy) is 1. The van der Waals surface area contributed by atoms with Crippen LogP contribution >= 0.6 is 11.6 Å². The van der Waals surface area contributed by atoms with E-state index >= 15 is 0 Å². The molecule has 0 amide bonds. The zero-order valence-electron chi connectivity index (χ0n) is 5.16. The Labute approximate surface area is 62.9 Å². The molecule has 0 saturated carbocycles. The SMILES string of the molecule is O=C1C[C@H]2O[C@@H]1[C@@H](Cl)[C@H]2O. The summed E-state index contributed by atoms with van der Waals surface area (Å²) in [7, 11) is 0. The van der Waals surface area contributed by atoms with Gasteiger partial charge in [0, 0.05) is 6.42 Å². The highest BCUT2D eigenvalue weighted by Gasteiger charge is 2.52. The Morgan fingerprint density at radius 1 is 1.70 bits per heavy atom. The molecule has 2 aliphatic heterocycles. The minimum absolute atomic E-state index is 0.0234. The van der Waals surface area contributed by atoms with Gasteiger partial charge in [0.2, 0.25) is 0 Å². The summed E-state index contributed by atoms with van der Waals surface area (Å²) >= 11 is 5.66. The number of fused-ring (bicyclic) bond motifs is 2. The van der Waals surface area contributed by atoms with Crippen LogP contribution in [0.5, 0.6) is 0 Å². The molecule has 2 aliphatic rings. The van der Waals surface area contributed by atoms with Gasteiger partial charge in [-0.25, -0.2) is 0 Å². The number of hydrogen-bond donors (Lipinski definition) is 1. The summed E-state index contributed by atoms with van der Waals surface area (Å²) in [6, 6.07) is 0. The molecule has 0 spiro atoms. The van der Waals surface area contributed by atoms with Gasteiger partial charge in [-0.1, -0.05) is 0 Å². The van der Waals surface area contributed by atoms with Crippen LogP contribution in [0.4, 0.5) is 0 Å². The van der Waals surface area contributed by atoms with E-state index in [1.807, 2.05) is 0 Å². The van der Waals surface area contributed by atoms with Crippen LogP contribution in [-0.4, -0.2) is 34.6 Å². The van der Waals surface area contributed by atoms with Gasteiger partial charge in [0.05, 0.1) is 17.6 Å². The number of aliphatic hydroxyl groups is 1. The van der Waals surface area contributed by atoms with Crippen LogP contribution in [0.1, 0.15) is 6.42 Å². The summed E-state index contributed by atoms with van der Waals surface area (Å²) in [6.07, 6.45) is -1.19. The molecule has 0 aliphatic carbocycles. The van der Waals surface area contributed by atoms with Crippen molar-refractivity contribution in [1.29, 1.82) is 0 Å². The minimum atomic E-state index is -0.649. The molecule has 0 aromatic heterocycles. The Hall–Kier alpha value is -0.120. The Morgan fingerprint density at radius 3 is 2.80 bits per heavy atom. The number of rotatable bonds is 0. The highest BCUT2D eigenvalue weighted by molar-refractivity contribution is 6.24. The van der Waals surface area contributed by atoms with Gasteiger partial charge in [-0.2, -0.15) is 0 Å². The first-order valence-electron chi connectivity index (χ1n) is 3.20. The van der Waals surface area contributed by atoms with Crippen molar-refractivity contribution < 1.29 is 14.6 Å². The number of alkyl halides is 1. The van der Waals surface area contributed by atoms with Crippen LogP contribution in [0.15, 0.2) is 0 Å². The number of carbonyl (C=O) groups excluding carboxylic acids is 1. The highest BCUT2D eigenvalue weighted by Crippen LogP contribution is 2.35. The molecule has 4 heteroatoms. The first-order chi connectivity index (χ1) is 4.70. The van der Waals surface area contributed by atoms with Crippen molar-refractivity contribution in [2.24, 2.45) is 0 Å². The molecule has 2 heterocycles. The van der Waals surface area contributed by atoms with Gasteiger partial charge in [0.1, 0.15) is 6.10 Å². The maximum atomic E-state index is 10.9. The standard InChI is InChI=1S/C6H7ClO3/c7-4-5(9)3-1-2(8)6(4)10-3/h3-6,9H,1H2/t3-,4+,5+,6+/m1/s1. The highest BCUT2D eigenvalue weighted by atomic mass is 35.5. The van der Waals surface area contributed by atoms with Crippen LogP contribution in [0.25, 0.3) is 0 Å². The van der Waals surface area contributed by atoms with Crippen molar-refractivity contribution in [3.8, 4) is 0 Å². The molecular formula is C6H7ClO3. The molecule has 0 aromatic rings. The van der Waals surface area contributed by atoms with E-state index in [0.29, 0.717) is 6.42 Å². The maximum Gasteiger partial charge on any atom is 0.165 e. The normalized spacial score (nSPS) is 52.4. The second-order valence-corrected chi connectivity index (χ2v) is 3.20. The number of carbonyl (C=O) groups is 1. The minimum Gasteiger partial charge on any atom is -0.389 e. The van der Waals surface area contributed by atoms with Crippen LogP contribution in [0.3, 0.4) is 0 Å². The van der Waals surface area contributed by atoms with Gasteiger partial charge in [-0.05, 0) is 0 Å². The fourth-order valence-electron chi connectivity index (χ4n) is 1.46. The van der Waals surface area contributed by atoms with Crippen molar-refractivity contribution in [3.63, 3.8) is 0 Å². The number of aliphatic hydroxyl groups excluding tert-OH is 1. The van der Waals surface area contributed by atoms with E-state index in [4.69, 9.17) is 16.3 Å². The van der Waals surface area contributed by atoms with Crippen LogP contribution in [0, 0.1) is 0 Å².